The molecule has 0 bridgehead atoms. The quantitative estimate of drug-likeness (QED) is 0.234. The molecule has 4 aliphatic rings. The third kappa shape index (κ3) is 6.74. The summed E-state index contributed by atoms with van der Waals surface area (Å²) >= 11 is 0. The van der Waals surface area contributed by atoms with Crippen LogP contribution in [0.5, 0.6) is 0 Å². The molecule has 0 saturated heterocycles. The maximum Gasteiger partial charge on any atom is 0.220 e. The molecule has 40 heavy (non-hydrogen) atoms. The van der Waals surface area contributed by atoms with Crippen LogP contribution in [0.4, 0.5) is 0 Å². The first-order valence-electron chi connectivity index (χ1n) is 16.9. The summed E-state index contributed by atoms with van der Waals surface area (Å²) in [4.78, 5) is 14.7. The van der Waals surface area contributed by atoms with E-state index in [-0.39, 0.29) is 18.1 Å². The van der Waals surface area contributed by atoms with E-state index < -0.39 is 0 Å². The van der Waals surface area contributed by atoms with E-state index >= 15 is 0 Å². The summed E-state index contributed by atoms with van der Waals surface area (Å²) in [7, 11) is 0. The zero-order valence-corrected chi connectivity index (χ0v) is 26.5. The summed E-state index contributed by atoms with van der Waals surface area (Å²) in [6.45, 7) is 16.8. The van der Waals surface area contributed by atoms with Crippen molar-refractivity contribution in [3.8, 4) is 0 Å². The van der Waals surface area contributed by atoms with Crippen molar-refractivity contribution < 1.29 is 9.90 Å². The van der Waals surface area contributed by atoms with Crippen molar-refractivity contribution in [3.63, 3.8) is 0 Å². The van der Waals surface area contributed by atoms with Crippen LogP contribution in [0.25, 0.3) is 0 Å². The largest absolute Gasteiger partial charge is 0.393 e. The predicted octanol–water partition coefficient (Wildman–Crippen LogP) is 3.73. The van der Waals surface area contributed by atoms with Crippen molar-refractivity contribution >= 4 is 5.91 Å². The second-order valence-corrected chi connectivity index (χ2v) is 15.1. The van der Waals surface area contributed by atoms with Gasteiger partial charge >= 0.3 is 0 Å². The van der Waals surface area contributed by atoms with Crippen LogP contribution >= 0.6 is 0 Å². The minimum Gasteiger partial charge on any atom is -0.393 e. The highest BCUT2D eigenvalue weighted by Gasteiger charge is 2.62. The van der Waals surface area contributed by atoms with Crippen molar-refractivity contribution in [1.82, 2.24) is 15.5 Å². The second-order valence-electron chi connectivity index (χ2n) is 15.1. The Kier molecular flexibility index (Phi) is 11.0. The summed E-state index contributed by atoms with van der Waals surface area (Å²) in [5.41, 5.74) is 12.2. The monoisotopic (exact) mass is 561 g/mol. The first-order valence-corrected chi connectivity index (χ1v) is 16.9. The van der Waals surface area contributed by atoms with Gasteiger partial charge in [-0.3, -0.25) is 9.69 Å². The molecule has 0 aromatic rings. The Bertz CT molecular complexity index is 819. The van der Waals surface area contributed by atoms with Gasteiger partial charge in [-0.2, -0.15) is 0 Å². The summed E-state index contributed by atoms with van der Waals surface area (Å²) in [5.74, 6) is 3.76. The lowest BCUT2D eigenvalue weighted by Gasteiger charge is -2.62. The number of nitrogens with two attached hydrogens (primary N) is 2. The fourth-order valence-corrected chi connectivity index (χ4v) is 10.5. The zero-order valence-electron chi connectivity index (χ0n) is 26.5. The lowest BCUT2D eigenvalue weighted by atomic mass is 9.43. The number of aliphatic hydroxyl groups excluding tert-OH is 1. The number of aliphatic hydroxyl groups is 1. The smallest absolute Gasteiger partial charge is 0.220 e. The molecule has 4 aliphatic carbocycles. The van der Waals surface area contributed by atoms with E-state index in [0.717, 1.165) is 39.0 Å². The molecule has 232 valence electrons. The van der Waals surface area contributed by atoms with Crippen molar-refractivity contribution in [3.05, 3.63) is 0 Å². The number of nitrogens with zero attached hydrogens (tertiary/aromatic N) is 1. The van der Waals surface area contributed by atoms with Crippen molar-refractivity contribution in [2.75, 3.05) is 39.3 Å². The number of fused-ring (bicyclic) bond motifs is 5. The summed E-state index contributed by atoms with van der Waals surface area (Å²) in [5, 5.41) is 18.7. The standard InChI is InChI=1S/C33H63N5O2/c1-22(2)37-30(40)9-6-23(3)26-7-8-27-31-28(11-13-33(26,27)5)32(4)12-10-25(20-24(32)21-29(31)39)36-16-19-38(17-14-34)18-15-35/h22-29,31,36,39H,6-21,34-35H2,1-5H3,(H,37,40)/t23-,24?,25+,26-,27?,28?,29-,31?,32+,33-/m1/s1. The number of hydrogen-bond donors (Lipinski definition) is 5. The Morgan fingerprint density at radius 3 is 2.30 bits per heavy atom. The Morgan fingerprint density at radius 1 is 0.950 bits per heavy atom. The highest BCUT2D eigenvalue weighted by Crippen LogP contribution is 2.68. The molecule has 0 radical (unpaired) electrons. The average Bonchev–Trinajstić information content (AvgIpc) is 3.25. The van der Waals surface area contributed by atoms with Crippen LogP contribution in [-0.2, 0) is 4.79 Å². The van der Waals surface area contributed by atoms with Crippen LogP contribution in [-0.4, -0.2) is 73.4 Å². The Morgan fingerprint density at radius 2 is 1.62 bits per heavy atom. The Labute approximate surface area is 245 Å². The molecule has 0 heterocycles. The molecule has 0 spiro atoms. The molecule has 10 atom stereocenters. The highest BCUT2D eigenvalue weighted by atomic mass is 16.3. The summed E-state index contributed by atoms with van der Waals surface area (Å²) in [6.07, 6.45) is 11.2. The predicted molar refractivity (Wildman–Crippen MR) is 165 cm³/mol. The molecule has 7 N–H and O–H groups in total. The maximum atomic E-state index is 12.3. The van der Waals surface area contributed by atoms with Gasteiger partial charge < -0.3 is 27.2 Å². The van der Waals surface area contributed by atoms with Gasteiger partial charge in [-0.15, -0.1) is 0 Å². The van der Waals surface area contributed by atoms with E-state index in [2.05, 4.69) is 36.3 Å². The van der Waals surface area contributed by atoms with Gasteiger partial charge in [-0.1, -0.05) is 20.8 Å². The van der Waals surface area contributed by atoms with Crippen molar-refractivity contribution in [2.24, 2.45) is 57.8 Å². The van der Waals surface area contributed by atoms with Crippen LogP contribution in [0.15, 0.2) is 0 Å². The molecule has 7 nitrogen and oxygen atoms in total. The van der Waals surface area contributed by atoms with Gasteiger partial charge in [0, 0.05) is 57.8 Å². The van der Waals surface area contributed by atoms with Gasteiger partial charge in [0.05, 0.1) is 6.10 Å². The Balaban J connectivity index is 1.35. The van der Waals surface area contributed by atoms with Crippen LogP contribution in [0.1, 0.15) is 98.8 Å². The lowest BCUT2D eigenvalue weighted by Crippen LogP contribution is -2.59. The fraction of sp³-hybridized carbons (Fsp3) is 0.970. The van der Waals surface area contributed by atoms with E-state index in [0.29, 0.717) is 71.9 Å². The van der Waals surface area contributed by atoms with E-state index in [1.165, 1.54) is 44.9 Å². The first-order chi connectivity index (χ1) is 19.0. The van der Waals surface area contributed by atoms with Crippen LogP contribution in [0.3, 0.4) is 0 Å². The lowest BCUT2D eigenvalue weighted by molar-refractivity contribution is -0.167. The Hall–Kier alpha value is -0.730. The molecule has 4 rings (SSSR count). The molecular weight excluding hydrogens is 498 g/mol. The number of carbonyl (C=O) groups excluding carboxylic acids is 1. The number of nitrogens with one attached hydrogen (secondary N) is 2. The molecule has 0 aromatic heterocycles. The van der Waals surface area contributed by atoms with Crippen LogP contribution < -0.4 is 22.1 Å². The number of carbonyl (C=O) groups is 1. The first kappa shape index (κ1) is 32.2. The molecule has 4 saturated carbocycles. The van der Waals surface area contributed by atoms with Gasteiger partial charge in [0.25, 0.3) is 0 Å². The maximum absolute atomic E-state index is 12.3. The van der Waals surface area contributed by atoms with Crippen LogP contribution in [0, 0.1) is 46.3 Å². The SMILES string of the molecule is CC(C)NC(=O)CC[C@@H](C)[C@H]1CCC2C3C(CC[C@@]21C)[C@@]1(C)CC[C@H](NCCN(CCN)CCN)CC1C[C@H]3O. The van der Waals surface area contributed by atoms with Gasteiger partial charge in [-0.25, -0.2) is 0 Å². The third-order valence-electron chi connectivity index (χ3n) is 12.5. The molecule has 0 aromatic carbocycles. The fourth-order valence-electron chi connectivity index (χ4n) is 10.5. The van der Waals surface area contributed by atoms with Crippen LogP contribution in [0.2, 0.25) is 0 Å². The molecule has 1 amide bonds. The summed E-state index contributed by atoms with van der Waals surface area (Å²) < 4.78 is 0. The molecule has 4 unspecified atom stereocenters. The number of hydrogen-bond acceptors (Lipinski definition) is 6. The topological polar surface area (TPSA) is 117 Å². The number of amides is 1. The van der Waals surface area contributed by atoms with Gasteiger partial charge in [-0.05, 0) is 118 Å². The normalized spacial score (nSPS) is 40.0. The van der Waals surface area contributed by atoms with E-state index in [4.69, 9.17) is 11.5 Å². The van der Waals surface area contributed by atoms with Gasteiger partial charge in [0.1, 0.15) is 0 Å². The molecule has 7 heteroatoms. The zero-order chi connectivity index (χ0) is 29.1. The molecular formula is C33H63N5O2. The number of rotatable bonds is 13. The molecule has 4 fully saturated rings. The summed E-state index contributed by atoms with van der Waals surface area (Å²) in [6, 6.07) is 0.765. The van der Waals surface area contributed by atoms with E-state index in [1.807, 2.05) is 13.8 Å². The highest BCUT2D eigenvalue weighted by molar-refractivity contribution is 5.76. The minimum absolute atomic E-state index is 0.165. The van der Waals surface area contributed by atoms with E-state index in [9.17, 15) is 9.90 Å². The minimum atomic E-state index is -0.165. The second kappa shape index (κ2) is 13.7. The van der Waals surface area contributed by atoms with E-state index in [1.54, 1.807) is 0 Å². The van der Waals surface area contributed by atoms with Gasteiger partial charge in [0.2, 0.25) is 5.91 Å². The third-order valence-corrected chi connectivity index (χ3v) is 12.5. The molecule has 0 aliphatic heterocycles. The average molecular weight is 562 g/mol. The van der Waals surface area contributed by atoms with Crippen molar-refractivity contribution in [1.29, 1.82) is 0 Å². The van der Waals surface area contributed by atoms with Gasteiger partial charge in [0.15, 0.2) is 0 Å². The van der Waals surface area contributed by atoms with Crippen molar-refractivity contribution in [2.45, 2.75) is 117 Å².